The van der Waals surface area contributed by atoms with E-state index in [1.165, 1.54) is 12.0 Å². The lowest BCUT2D eigenvalue weighted by Gasteiger charge is -2.22. The summed E-state index contributed by atoms with van der Waals surface area (Å²) in [5.41, 5.74) is 1.26. The van der Waals surface area contributed by atoms with Gasteiger partial charge in [0.2, 0.25) is 0 Å². The summed E-state index contributed by atoms with van der Waals surface area (Å²) < 4.78 is 6.04. The second-order valence-corrected chi connectivity index (χ2v) is 6.68. The Hall–Kier alpha value is -0.800. The topological polar surface area (TPSA) is 28.4 Å². The molecule has 1 N–H and O–H groups in total. The maximum Gasteiger partial charge on any atom is 0.120 e. The first-order valence-electron chi connectivity index (χ1n) is 8.47. The molecule has 1 aromatic rings. The molecular weight excluding hydrogens is 260 g/mol. The van der Waals surface area contributed by atoms with E-state index in [1.54, 1.807) is 0 Å². The van der Waals surface area contributed by atoms with Crippen LogP contribution < -0.4 is 5.32 Å². The zero-order valence-corrected chi connectivity index (χ0v) is 14.8. The van der Waals surface area contributed by atoms with Gasteiger partial charge in [-0.3, -0.25) is 4.90 Å². The largest absolute Gasteiger partial charge is 0.463 e. The Morgan fingerprint density at radius 1 is 1.24 bits per heavy atom. The number of nitrogens with one attached hydrogen (secondary N) is 1. The highest BCUT2D eigenvalue weighted by atomic mass is 16.3. The molecule has 0 aromatic carbocycles. The summed E-state index contributed by atoms with van der Waals surface area (Å²) in [4.78, 5) is 2.47. The molecule has 1 rings (SSSR count). The van der Waals surface area contributed by atoms with Gasteiger partial charge in [-0.1, -0.05) is 41.0 Å². The van der Waals surface area contributed by atoms with Crippen molar-refractivity contribution >= 4 is 0 Å². The average molecular weight is 294 g/mol. The van der Waals surface area contributed by atoms with Crippen molar-refractivity contribution in [2.45, 2.75) is 61.1 Å². The number of nitrogens with zero attached hydrogens (tertiary/aromatic N) is 1. The molecule has 1 unspecified atom stereocenters. The summed E-state index contributed by atoms with van der Waals surface area (Å²) >= 11 is 0. The van der Waals surface area contributed by atoms with Crippen LogP contribution in [0.5, 0.6) is 0 Å². The molecule has 0 amide bonds. The van der Waals surface area contributed by atoms with E-state index in [1.807, 2.05) is 0 Å². The Balaban J connectivity index is 2.55. The van der Waals surface area contributed by atoms with Crippen LogP contribution in [0.25, 0.3) is 0 Å². The maximum absolute atomic E-state index is 6.04. The minimum atomic E-state index is 0.672. The van der Waals surface area contributed by atoms with E-state index in [4.69, 9.17) is 4.42 Å². The third kappa shape index (κ3) is 6.66. The van der Waals surface area contributed by atoms with Crippen molar-refractivity contribution in [1.82, 2.24) is 10.2 Å². The van der Waals surface area contributed by atoms with Crippen molar-refractivity contribution in [2.24, 2.45) is 11.8 Å². The Labute approximate surface area is 131 Å². The third-order valence-corrected chi connectivity index (χ3v) is 4.00. The standard InChI is InChI=1S/C18H34N2O/c1-7-15(5)12-20(8-2)13-17-9-16(6)18(21-17)11-19-10-14(3)4/h9,14-15,19H,7-8,10-13H2,1-6H3. The summed E-state index contributed by atoms with van der Waals surface area (Å²) in [6, 6.07) is 2.20. The Morgan fingerprint density at radius 3 is 2.52 bits per heavy atom. The van der Waals surface area contributed by atoms with Gasteiger partial charge in [-0.05, 0) is 43.5 Å². The lowest BCUT2D eigenvalue weighted by molar-refractivity contribution is 0.218. The van der Waals surface area contributed by atoms with Crippen LogP contribution in [0.15, 0.2) is 10.5 Å². The average Bonchev–Trinajstić information content (AvgIpc) is 2.77. The van der Waals surface area contributed by atoms with Crippen LogP contribution in [0.2, 0.25) is 0 Å². The van der Waals surface area contributed by atoms with E-state index in [9.17, 15) is 0 Å². The van der Waals surface area contributed by atoms with Crippen molar-refractivity contribution in [2.75, 3.05) is 19.6 Å². The van der Waals surface area contributed by atoms with Crippen LogP contribution in [0.3, 0.4) is 0 Å². The van der Waals surface area contributed by atoms with Crippen molar-refractivity contribution in [3.05, 3.63) is 23.2 Å². The molecule has 1 heterocycles. The molecule has 1 atom stereocenters. The zero-order chi connectivity index (χ0) is 15.8. The highest BCUT2D eigenvalue weighted by molar-refractivity contribution is 5.20. The summed E-state index contributed by atoms with van der Waals surface area (Å²) in [7, 11) is 0. The summed E-state index contributed by atoms with van der Waals surface area (Å²) in [6.07, 6.45) is 1.23. The van der Waals surface area contributed by atoms with Gasteiger partial charge in [0, 0.05) is 6.54 Å². The molecule has 0 aliphatic rings. The minimum Gasteiger partial charge on any atom is -0.463 e. The molecule has 0 spiro atoms. The zero-order valence-electron chi connectivity index (χ0n) is 14.8. The molecule has 1 aromatic heterocycles. The monoisotopic (exact) mass is 294 g/mol. The van der Waals surface area contributed by atoms with Gasteiger partial charge in [0.1, 0.15) is 11.5 Å². The molecule has 0 aliphatic carbocycles. The van der Waals surface area contributed by atoms with Gasteiger partial charge in [0.05, 0.1) is 13.1 Å². The first-order chi connectivity index (χ1) is 9.96. The first-order valence-corrected chi connectivity index (χ1v) is 8.47. The maximum atomic E-state index is 6.04. The van der Waals surface area contributed by atoms with E-state index in [2.05, 4.69) is 57.8 Å². The Kier molecular flexibility index (Phi) is 8.05. The van der Waals surface area contributed by atoms with Gasteiger partial charge in [0.25, 0.3) is 0 Å². The fourth-order valence-corrected chi connectivity index (χ4v) is 2.41. The Bertz CT molecular complexity index is 398. The lowest BCUT2D eigenvalue weighted by atomic mass is 10.1. The number of hydrogen-bond acceptors (Lipinski definition) is 3. The quantitative estimate of drug-likeness (QED) is 0.701. The van der Waals surface area contributed by atoms with Crippen LogP contribution in [0.1, 0.15) is 58.1 Å². The van der Waals surface area contributed by atoms with E-state index in [0.717, 1.165) is 50.2 Å². The van der Waals surface area contributed by atoms with E-state index < -0.39 is 0 Å². The van der Waals surface area contributed by atoms with E-state index in [-0.39, 0.29) is 0 Å². The predicted octanol–water partition coefficient (Wildman–Crippen LogP) is 4.20. The van der Waals surface area contributed by atoms with E-state index >= 15 is 0 Å². The molecule has 0 aliphatic heterocycles. The van der Waals surface area contributed by atoms with Gasteiger partial charge in [-0.2, -0.15) is 0 Å². The lowest BCUT2D eigenvalue weighted by Crippen LogP contribution is -2.27. The SMILES string of the molecule is CCC(C)CN(CC)Cc1cc(C)c(CNCC(C)C)o1. The molecule has 3 heteroatoms. The number of hydrogen-bond donors (Lipinski definition) is 1. The van der Waals surface area contributed by atoms with Crippen LogP contribution in [-0.4, -0.2) is 24.5 Å². The molecule has 0 bridgehead atoms. The minimum absolute atomic E-state index is 0.672. The fraction of sp³-hybridized carbons (Fsp3) is 0.778. The number of furan rings is 1. The Morgan fingerprint density at radius 2 is 1.95 bits per heavy atom. The molecule has 0 fully saturated rings. The van der Waals surface area contributed by atoms with Crippen LogP contribution >= 0.6 is 0 Å². The smallest absolute Gasteiger partial charge is 0.120 e. The summed E-state index contributed by atoms with van der Waals surface area (Å²) in [5, 5.41) is 3.46. The van der Waals surface area contributed by atoms with Gasteiger partial charge in [0.15, 0.2) is 0 Å². The molecule has 21 heavy (non-hydrogen) atoms. The summed E-state index contributed by atoms with van der Waals surface area (Å²) in [5.74, 6) is 3.60. The third-order valence-electron chi connectivity index (χ3n) is 4.00. The van der Waals surface area contributed by atoms with Crippen molar-refractivity contribution < 1.29 is 4.42 Å². The van der Waals surface area contributed by atoms with E-state index in [0.29, 0.717) is 5.92 Å². The number of rotatable bonds is 10. The normalized spacial score (nSPS) is 13.3. The van der Waals surface area contributed by atoms with Gasteiger partial charge >= 0.3 is 0 Å². The molecule has 122 valence electrons. The highest BCUT2D eigenvalue weighted by Crippen LogP contribution is 2.17. The van der Waals surface area contributed by atoms with Gasteiger partial charge in [-0.25, -0.2) is 0 Å². The van der Waals surface area contributed by atoms with Crippen molar-refractivity contribution in [3.63, 3.8) is 0 Å². The fourth-order valence-electron chi connectivity index (χ4n) is 2.41. The second-order valence-electron chi connectivity index (χ2n) is 6.68. The highest BCUT2D eigenvalue weighted by Gasteiger charge is 2.12. The molecular formula is C18H34N2O. The van der Waals surface area contributed by atoms with Crippen molar-refractivity contribution in [1.29, 1.82) is 0 Å². The second kappa shape index (κ2) is 9.26. The summed E-state index contributed by atoms with van der Waals surface area (Å²) in [6.45, 7) is 18.4. The molecule has 0 saturated heterocycles. The van der Waals surface area contributed by atoms with Crippen LogP contribution in [0.4, 0.5) is 0 Å². The van der Waals surface area contributed by atoms with Crippen LogP contribution in [-0.2, 0) is 13.1 Å². The van der Waals surface area contributed by atoms with Gasteiger partial charge < -0.3 is 9.73 Å². The predicted molar refractivity (Wildman–Crippen MR) is 90.4 cm³/mol. The van der Waals surface area contributed by atoms with Crippen LogP contribution in [0, 0.1) is 18.8 Å². The first kappa shape index (κ1) is 18.2. The molecule has 0 saturated carbocycles. The molecule has 3 nitrogen and oxygen atoms in total. The van der Waals surface area contributed by atoms with Gasteiger partial charge in [-0.15, -0.1) is 0 Å². The molecule has 0 radical (unpaired) electrons. The van der Waals surface area contributed by atoms with Crippen molar-refractivity contribution in [3.8, 4) is 0 Å². The number of aryl methyl sites for hydroxylation is 1.